The molecule has 4 aromatic rings. The Morgan fingerprint density at radius 3 is 1.83 bits per heavy atom. The van der Waals surface area contributed by atoms with Gasteiger partial charge in [-0.15, -0.1) is 46.8 Å². The zero-order chi connectivity index (χ0) is 21.0. The molecule has 1 aliphatic rings. The van der Waals surface area contributed by atoms with Gasteiger partial charge in [0.05, 0.1) is 0 Å². The minimum Gasteiger partial charge on any atom is -0.160 e. The van der Waals surface area contributed by atoms with Crippen LogP contribution in [0.3, 0.4) is 0 Å². The van der Waals surface area contributed by atoms with Crippen molar-refractivity contribution >= 4 is 51.6 Å². The predicted octanol–water partition coefficient (Wildman–Crippen LogP) is 7.00. The monoisotopic (exact) mass is 524 g/mol. The van der Waals surface area contributed by atoms with Gasteiger partial charge in [-0.25, -0.2) is 12.2 Å². The fraction of sp³-hybridized carbons (Fsp3) is 0.0385. The number of allylic oxidation sites excluding steroid dienone is 4. The molecule has 0 unspecified atom stereocenters. The van der Waals surface area contributed by atoms with E-state index in [-0.39, 0.29) is 0 Å². The molecular formula is C26H21Cl2PZr. The number of hydrogen-bond donors (Lipinski definition) is 0. The maximum absolute atomic E-state index is 4.93. The Hall–Kier alpha value is -1.36. The molecule has 0 N–H and O–H groups in total. The Morgan fingerprint density at radius 1 is 0.800 bits per heavy atom. The summed E-state index contributed by atoms with van der Waals surface area (Å²) in [6.45, 7) is 0. The summed E-state index contributed by atoms with van der Waals surface area (Å²) < 4.78 is 0. The van der Waals surface area contributed by atoms with Gasteiger partial charge in [-0.1, -0.05) is 66.7 Å². The van der Waals surface area contributed by atoms with Gasteiger partial charge in [0.15, 0.2) is 0 Å². The summed E-state index contributed by atoms with van der Waals surface area (Å²) in [5, 5.41) is 6.89. The maximum atomic E-state index is 4.93. The van der Waals surface area contributed by atoms with E-state index in [1.165, 1.54) is 26.7 Å². The third-order valence-corrected chi connectivity index (χ3v) is 6.88. The molecule has 0 atom stereocenters. The first-order valence-corrected chi connectivity index (χ1v) is 17.2. The summed E-state index contributed by atoms with van der Waals surface area (Å²) in [4.78, 5) is 0. The summed E-state index contributed by atoms with van der Waals surface area (Å²) in [5.74, 6) is 0. The van der Waals surface area contributed by atoms with E-state index in [1.54, 1.807) is 0 Å². The summed E-state index contributed by atoms with van der Waals surface area (Å²) in [5.41, 5.74) is 0. The van der Waals surface area contributed by atoms with Crippen molar-refractivity contribution in [1.29, 1.82) is 0 Å². The van der Waals surface area contributed by atoms with E-state index in [0.717, 1.165) is 6.42 Å². The van der Waals surface area contributed by atoms with E-state index in [9.17, 15) is 0 Å². The van der Waals surface area contributed by atoms with Crippen LogP contribution in [0, 0.1) is 6.08 Å². The molecule has 0 bridgehead atoms. The minimum atomic E-state index is -0.826. The summed E-state index contributed by atoms with van der Waals surface area (Å²) in [6, 6.07) is 35.0. The topological polar surface area (TPSA) is 0 Å². The van der Waals surface area contributed by atoms with E-state index >= 15 is 0 Å². The molecular weight excluding hydrogens is 505 g/mol. The predicted molar refractivity (Wildman–Crippen MR) is 132 cm³/mol. The smallest absolute Gasteiger partial charge is 0.0166 e. The number of benzene rings is 3. The third-order valence-electron chi connectivity index (χ3n) is 4.48. The molecule has 0 saturated heterocycles. The minimum absolute atomic E-state index is 0.493. The standard InChI is InChI=1S/C21H16P.C5H5.2ClH.Zr/c1-3-11-19(12-4-1)22(20-13-5-2-6-14-20)21-15-17-9-7-8-10-18(17)16-21;1-2-4-5-3-1;;;/h1-16H;1-3H,4H2;2*1H;/q2*-1;;;+4/p-2. The average molecular weight is 527 g/mol. The molecule has 0 aromatic heterocycles. The van der Waals surface area contributed by atoms with Crippen molar-refractivity contribution in [3.63, 3.8) is 0 Å². The fourth-order valence-corrected chi connectivity index (χ4v) is 5.58. The van der Waals surface area contributed by atoms with E-state index in [4.69, 9.17) is 17.0 Å². The van der Waals surface area contributed by atoms with E-state index in [1.807, 2.05) is 12.2 Å². The van der Waals surface area contributed by atoms with Crippen LogP contribution in [0.15, 0.2) is 115 Å². The van der Waals surface area contributed by atoms with Crippen molar-refractivity contribution in [1.82, 2.24) is 0 Å². The van der Waals surface area contributed by atoms with Gasteiger partial charge in [-0.2, -0.15) is 12.1 Å². The zero-order valence-electron chi connectivity index (χ0n) is 16.4. The van der Waals surface area contributed by atoms with Crippen LogP contribution in [0.5, 0.6) is 0 Å². The van der Waals surface area contributed by atoms with Crippen LogP contribution in [0.25, 0.3) is 10.8 Å². The number of halogens is 2. The molecule has 30 heavy (non-hydrogen) atoms. The van der Waals surface area contributed by atoms with Crippen molar-refractivity contribution in [2.24, 2.45) is 0 Å². The quantitative estimate of drug-likeness (QED) is 0.199. The molecule has 4 aromatic carbocycles. The molecule has 5 rings (SSSR count). The Labute approximate surface area is 199 Å². The molecule has 0 saturated carbocycles. The van der Waals surface area contributed by atoms with Crippen LogP contribution in [0.2, 0.25) is 0 Å². The Morgan fingerprint density at radius 2 is 1.37 bits per heavy atom. The Kier molecular flexibility index (Phi) is 10.2. The van der Waals surface area contributed by atoms with E-state index < -0.39 is 28.8 Å². The van der Waals surface area contributed by atoms with Gasteiger partial charge in [0, 0.05) is 0 Å². The first-order chi connectivity index (χ1) is 14.8. The van der Waals surface area contributed by atoms with Gasteiger partial charge >= 0.3 is 37.9 Å². The van der Waals surface area contributed by atoms with Gasteiger partial charge in [0.1, 0.15) is 0 Å². The molecule has 0 nitrogen and oxygen atoms in total. The van der Waals surface area contributed by atoms with Crippen LogP contribution in [-0.2, 0) is 20.8 Å². The van der Waals surface area contributed by atoms with Crippen LogP contribution < -0.4 is 15.9 Å². The van der Waals surface area contributed by atoms with Crippen LogP contribution in [0.1, 0.15) is 6.42 Å². The van der Waals surface area contributed by atoms with Gasteiger partial charge in [0.2, 0.25) is 0 Å². The summed E-state index contributed by atoms with van der Waals surface area (Å²) in [7, 11) is 9.37. The summed E-state index contributed by atoms with van der Waals surface area (Å²) in [6.07, 6.45) is 10.0. The molecule has 0 radical (unpaired) electrons. The summed E-state index contributed by atoms with van der Waals surface area (Å²) >= 11 is -0.826. The van der Waals surface area contributed by atoms with Crippen molar-refractivity contribution in [2.45, 2.75) is 6.42 Å². The first kappa shape index (κ1) is 23.3. The maximum Gasteiger partial charge on any atom is -0.0166 e. The molecule has 4 heteroatoms. The number of hydrogen-bond acceptors (Lipinski definition) is 0. The second-order valence-corrected chi connectivity index (χ2v) is 12.4. The molecule has 0 aliphatic heterocycles. The van der Waals surface area contributed by atoms with Gasteiger partial charge in [-0.3, -0.25) is 6.08 Å². The van der Waals surface area contributed by atoms with Crippen LogP contribution in [-0.4, -0.2) is 0 Å². The van der Waals surface area contributed by atoms with Crippen molar-refractivity contribution in [2.75, 3.05) is 0 Å². The van der Waals surface area contributed by atoms with Crippen LogP contribution >= 0.6 is 24.9 Å². The second-order valence-electron chi connectivity index (χ2n) is 6.42. The molecule has 148 valence electrons. The molecule has 0 spiro atoms. The molecule has 0 amide bonds. The first-order valence-electron chi connectivity index (χ1n) is 9.57. The van der Waals surface area contributed by atoms with Gasteiger partial charge in [-0.05, 0) is 18.5 Å². The number of fused-ring (bicyclic) bond motifs is 1. The van der Waals surface area contributed by atoms with Crippen LogP contribution in [0.4, 0.5) is 0 Å². The Balaban J connectivity index is 0.000000272. The van der Waals surface area contributed by atoms with Gasteiger partial charge < -0.3 is 0 Å². The van der Waals surface area contributed by atoms with Crippen molar-refractivity contribution in [3.05, 3.63) is 121 Å². The largest absolute Gasteiger partial charge is 0.160 e. The molecule has 0 heterocycles. The van der Waals surface area contributed by atoms with E-state index in [0.29, 0.717) is 0 Å². The normalized spacial score (nSPS) is 11.4. The van der Waals surface area contributed by atoms with Crippen molar-refractivity contribution < 1.29 is 20.8 Å². The SMILES string of the molecule is [C-]1=CC=CC1.[Cl][Zr+2][Cl].c1ccc(P(c2ccccc2)c2cc3ccccc3[cH-]2)cc1. The Bertz CT molecular complexity index is 989. The molecule has 0 fully saturated rings. The van der Waals surface area contributed by atoms with Crippen molar-refractivity contribution in [3.8, 4) is 0 Å². The second kappa shape index (κ2) is 13.1. The zero-order valence-corrected chi connectivity index (χ0v) is 21.2. The fourth-order valence-electron chi connectivity index (χ4n) is 3.20. The van der Waals surface area contributed by atoms with E-state index in [2.05, 4.69) is 109 Å². The number of rotatable bonds is 3. The van der Waals surface area contributed by atoms with Gasteiger partial charge in [0.25, 0.3) is 0 Å². The third kappa shape index (κ3) is 6.83. The average Bonchev–Trinajstić information content (AvgIpc) is 3.49. The molecule has 1 aliphatic carbocycles.